The minimum Gasteiger partial charge on any atom is -0.508 e. The molecular formula is C28H27NO7. The Bertz CT molecular complexity index is 1390. The van der Waals surface area contributed by atoms with E-state index in [0.717, 1.165) is 23.1 Å². The molecule has 0 aliphatic heterocycles. The molecule has 1 fully saturated rings. The Morgan fingerprint density at radius 1 is 1.03 bits per heavy atom. The number of aliphatic hydroxyl groups excluding tert-OH is 2. The van der Waals surface area contributed by atoms with Crippen LogP contribution in [0.15, 0.2) is 53.3 Å². The average molecular weight is 490 g/mol. The number of phenolic OH excluding ortho intramolecular Hbond substituents is 1. The second kappa shape index (κ2) is 8.34. The van der Waals surface area contributed by atoms with Gasteiger partial charge in [0.25, 0.3) is 5.91 Å². The molecule has 0 heterocycles. The molecular weight excluding hydrogens is 462 g/mol. The van der Waals surface area contributed by atoms with Gasteiger partial charge in [-0.05, 0) is 61.3 Å². The van der Waals surface area contributed by atoms with Crippen LogP contribution in [0.1, 0.15) is 40.7 Å². The summed E-state index contributed by atoms with van der Waals surface area (Å²) in [6.45, 7) is 2.02. The minimum atomic E-state index is -2.55. The van der Waals surface area contributed by atoms with Crippen LogP contribution in [-0.4, -0.2) is 43.5 Å². The molecule has 186 valence electrons. The molecule has 2 aromatic rings. The zero-order valence-corrected chi connectivity index (χ0v) is 19.7. The number of primary amides is 1. The summed E-state index contributed by atoms with van der Waals surface area (Å²) in [5, 5.41) is 43.7. The zero-order valence-electron chi connectivity index (χ0n) is 19.7. The molecule has 0 spiro atoms. The summed E-state index contributed by atoms with van der Waals surface area (Å²) in [6, 6.07) is 11.5. The fourth-order valence-corrected chi connectivity index (χ4v) is 5.95. The molecule has 0 radical (unpaired) electrons. The molecule has 8 heteroatoms. The van der Waals surface area contributed by atoms with Crippen LogP contribution < -0.4 is 5.73 Å². The molecule has 3 aliphatic carbocycles. The maximum Gasteiger partial charge on any atom is 0.255 e. The van der Waals surface area contributed by atoms with Gasteiger partial charge in [0.2, 0.25) is 5.78 Å². The summed E-state index contributed by atoms with van der Waals surface area (Å²) >= 11 is 0. The largest absolute Gasteiger partial charge is 0.508 e. The molecule has 3 atom stereocenters. The normalized spacial score (nSPS) is 25.4. The van der Waals surface area contributed by atoms with Crippen LogP contribution in [-0.2, 0) is 33.6 Å². The Kier molecular flexibility index (Phi) is 5.52. The van der Waals surface area contributed by atoms with Crippen molar-refractivity contribution in [3.63, 3.8) is 0 Å². The van der Waals surface area contributed by atoms with Crippen LogP contribution in [0.5, 0.6) is 5.75 Å². The smallest absolute Gasteiger partial charge is 0.255 e. The van der Waals surface area contributed by atoms with Crippen molar-refractivity contribution in [3.8, 4) is 5.75 Å². The molecule has 36 heavy (non-hydrogen) atoms. The van der Waals surface area contributed by atoms with Gasteiger partial charge in [-0.1, -0.05) is 35.9 Å². The number of carbonyl (C=O) groups excluding carboxylic acids is 3. The summed E-state index contributed by atoms with van der Waals surface area (Å²) in [5.41, 5.74) is 5.81. The molecule has 1 saturated carbocycles. The van der Waals surface area contributed by atoms with Gasteiger partial charge in [-0.15, -0.1) is 0 Å². The third kappa shape index (κ3) is 3.44. The molecule has 2 aromatic carbocycles. The molecule has 1 amide bonds. The van der Waals surface area contributed by atoms with E-state index in [1.807, 2.05) is 19.1 Å². The lowest BCUT2D eigenvalue weighted by atomic mass is 9.59. The lowest BCUT2D eigenvalue weighted by molar-refractivity contribution is -0.147. The van der Waals surface area contributed by atoms with E-state index in [1.165, 1.54) is 6.07 Å². The average Bonchev–Trinajstić information content (AvgIpc) is 2.81. The van der Waals surface area contributed by atoms with E-state index in [1.54, 1.807) is 6.07 Å². The number of fused-ring (bicyclic) bond motifs is 3. The van der Waals surface area contributed by atoms with Crippen LogP contribution >= 0.6 is 0 Å². The van der Waals surface area contributed by atoms with Gasteiger partial charge in [-0.25, -0.2) is 0 Å². The number of phenols is 1. The predicted octanol–water partition coefficient (Wildman–Crippen LogP) is 2.52. The van der Waals surface area contributed by atoms with E-state index >= 15 is 0 Å². The van der Waals surface area contributed by atoms with Crippen LogP contribution in [0, 0.1) is 18.8 Å². The van der Waals surface area contributed by atoms with Crippen molar-refractivity contribution < 1.29 is 34.8 Å². The molecule has 3 aliphatic rings. The van der Waals surface area contributed by atoms with Crippen molar-refractivity contribution in [1.29, 1.82) is 0 Å². The highest BCUT2D eigenvalue weighted by molar-refractivity contribution is 6.22. The van der Waals surface area contributed by atoms with Gasteiger partial charge in [0.05, 0.1) is 5.56 Å². The van der Waals surface area contributed by atoms with Gasteiger partial charge in [0.1, 0.15) is 22.8 Å². The van der Waals surface area contributed by atoms with Crippen LogP contribution in [0.2, 0.25) is 0 Å². The number of aryl methyl sites for hydroxylation is 3. The number of aromatic hydroxyl groups is 1. The number of amides is 1. The first-order valence-corrected chi connectivity index (χ1v) is 11.9. The summed E-state index contributed by atoms with van der Waals surface area (Å²) in [4.78, 5) is 37.8. The first-order chi connectivity index (χ1) is 17.0. The van der Waals surface area contributed by atoms with E-state index in [-0.39, 0.29) is 29.7 Å². The van der Waals surface area contributed by atoms with Crippen LogP contribution in [0.3, 0.4) is 0 Å². The Morgan fingerprint density at radius 3 is 2.39 bits per heavy atom. The molecule has 6 N–H and O–H groups in total. The van der Waals surface area contributed by atoms with Crippen LogP contribution in [0.4, 0.5) is 0 Å². The van der Waals surface area contributed by atoms with Crippen molar-refractivity contribution in [3.05, 3.63) is 81.1 Å². The SMILES string of the molecule is Cc1ccc(CCc2ccc(O)c3c2C[C@H]2C[C@H]4CC(=O)C(C(N)=O)=C(O)[C@@]4(O)C(=O)C2=C3O)cc1. The molecule has 0 bridgehead atoms. The standard InChI is InChI=1S/C28H27NO7/c1-13-2-4-14(5-3-13)6-7-15-8-9-19(30)22-18(15)11-16-10-17-12-20(31)23(27(29)35)26(34)28(17,36)25(33)21(16)24(22)32/h2-5,8-9,16-17,30,32,34,36H,6-7,10-12H2,1H3,(H2,29,35)/t16-,17+,28+/m1/s1. The lowest BCUT2D eigenvalue weighted by Crippen LogP contribution is -2.58. The second-order valence-corrected chi connectivity index (χ2v) is 9.99. The third-order valence-corrected chi connectivity index (χ3v) is 7.85. The van der Waals surface area contributed by atoms with Gasteiger partial charge < -0.3 is 26.2 Å². The lowest BCUT2D eigenvalue weighted by Gasteiger charge is -2.46. The number of hydrogen-bond acceptors (Lipinski definition) is 7. The van der Waals surface area contributed by atoms with Crippen molar-refractivity contribution in [2.24, 2.45) is 17.6 Å². The topological polar surface area (TPSA) is 158 Å². The first-order valence-electron chi connectivity index (χ1n) is 11.9. The number of aliphatic hydroxyl groups is 3. The zero-order chi connectivity index (χ0) is 25.9. The molecule has 5 rings (SSSR count). The number of rotatable bonds is 4. The Balaban J connectivity index is 1.57. The fraction of sp³-hybridized carbons (Fsp3) is 0.321. The highest BCUT2D eigenvalue weighted by Gasteiger charge is 2.60. The maximum absolute atomic E-state index is 13.5. The number of benzene rings is 2. The highest BCUT2D eigenvalue weighted by Crippen LogP contribution is 2.52. The van der Waals surface area contributed by atoms with Crippen LogP contribution in [0.25, 0.3) is 5.76 Å². The number of carbonyl (C=O) groups is 3. The van der Waals surface area contributed by atoms with E-state index in [4.69, 9.17) is 5.73 Å². The number of nitrogens with two attached hydrogens (primary N) is 1. The maximum atomic E-state index is 13.5. The monoisotopic (exact) mass is 489 g/mol. The van der Waals surface area contributed by atoms with Crippen molar-refractivity contribution in [2.45, 2.75) is 44.6 Å². The van der Waals surface area contributed by atoms with E-state index in [9.17, 15) is 34.8 Å². The first kappa shape index (κ1) is 23.8. The highest BCUT2D eigenvalue weighted by atomic mass is 16.3. The number of ketones is 2. The summed E-state index contributed by atoms with van der Waals surface area (Å²) in [6.07, 6.45) is 1.49. The summed E-state index contributed by atoms with van der Waals surface area (Å²) in [7, 11) is 0. The Hall–Kier alpha value is -3.91. The van der Waals surface area contributed by atoms with Gasteiger partial charge in [0, 0.05) is 17.9 Å². The Labute approximate surface area is 207 Å². The predicted molar refractivity (Wildman–Crippen MR) is 130 cm³/mol. The van der Waals surface area contributed by atoms with Gasteiger partial charge in [0.15, 0.2) is 11.4 Å². The van der Waals surface area contributed by atoms with E-state index in [0.29, 0.717) is 18.4 Å². The van der Waals surface area contributed by atoms with E-state index < -0.39 is 52.0 Å². The molecule has 0 aromatic heterocycles. The summed E-state index contributed by atoms with van der Waals surface area (Å²) in [5.74, 6) is -6.19. The number of hydrogen-bond donors (Lipinski definition) is 5. The van der Waals surface area contributed by atoms with Crippen molar-refractivity contribution >= 4 is 23.2 Å². The van der Waals surface area contributed by atoms with Crippen molar-refractivity contribution in [2.75, 3.05) is 0 Å². The minimum absolute atomic E-state index is 0.121. The van der Waals surface area contributed by atoms with Gasteiger partial charge in [-0.2, -0.15) is 0 Å². The van der Waals surface area contributed by atoms with Gasteiger partial charge >= 0.3 is 0 Å². The Morgan fingerprint density at radius 2 is 1.72 bits per heavy atom. The number of Topliss-reactive ketones (excluding diaryl/α,β-unsaturated/α-hetero) is 2. The molecule has 0 unspecified atom stereocenters. The quantitative estimate of drug-likeness (QED) is 0.413. The summed E-state index contributed by atoms with van der Waals surface area (Å²) < 4.78 is 0. The van der Waals surface area contributed by atoms with E-state index in [2.05, 4.69) is 12.1 Å². The van der Waals surface area contributed by atoms with Crippen molar-refractivity contribution in [1.82, 2.24) is 0 Å². The fourth-order valence-electron chi connectivity index (χ4n) is 5.95. The molecule has 8 nitrogen and oxygen atoms in total. The third-order valence-electron chi connectivity index (χ3n) is 7.85. The van der Waals surface area contributed by atoms with Gasteiger partial charge in [-0.3, -0.25) is 14.4 Å². The molecule has 0 saturated heterocycles. The second-order valence-electron chi connectivity index (χ2n) is 9.99.